The third-order valence-electron chi connectivity index (χ3n) is 5.15. The Morgan fingerprint density at radius 1 is 1.07 bits per heavy atom. The Labute approximate surface area is 167 Å². The molecule has 0 spiro atoms. The van der Waals surface area contributed by atoms with Crippen LogP contribution in [0.5, 0.6) is 0 Å². The van der Waals surface area contributed by atoms with Crippen molar-refractivity contribution in [3.05, 3.63) is 70.3 Å². The number of pyridine rings is 1. The number of benzene rings is 1. The van der Waals surface area contributed by atoms with Crippen LogP contribution in [0.25, 0.3) is 5.65 Å². The summed E-state index contributed by atoms with van der Waals surface area (Å²) in [5.41, 5.74) is 1.29. The second-order valence-electron chi connectivity index (χ2n) is 7.30. The molecule has 1 fully saturated rings. The first-order chi connectivity index (χ1) is 14.1. The average Bonchev–Trinajstić information content (AvgIpc) is 3.35. The molecule has 150 valence electrons. The van der Waals surface area contributed by atoms with E-state index in [4.69, 9.17) is 0 Å². The van der Waals surface area contributed by atoms with Crippen molar-refractivity contribution >= 4 is 17.5 Å². The summed E-state index contributed by atoms with van der Waals surface area (Å²) in [5, 5.41) is 9.98. The van der Waals surface area contributed by atoms with E-state index in [1.165, 1.54) is 10.6 Å². The van der Waals surface area contributed by atoms with Crippen LogP contribution in [0.15, 0.2) is 53.5 Å². The van der Waals surface area contributed by atoms with Gasteiger partial charge in [0.15, 0.2) is 5.65 Å². The minimum Gasteiger partial charge on any atom is -0.352 e. The summed E-state index contributed by atoms with van der Waals surface area (Å²) >= 11 is 0. The first-order valence-corrected chi connectivity index (χ1v) is 9.81. The van der Waals surface area contributed by atoms with Crippen molar-refractivity contribution in [2.75, 3.05) is 0 Å². The van der Waals surface area contributed by atoms with Crippen LogP contribution in [0.3, 0.4) is 0 Å². The number of nitrogens with zero attached hydrogens (tertiary/aromatic N) is 3. The smallest absolute Gasteiger partial charge is 0.350 e. The molecule has 2 amide bonds. The van der Waals surface area contributed by atoms with Crippen LogP contribution in [0.1, 0.15) is 41.6 Å². The molecule has 0 aliphatic heterocycles. The third-order valence-corrected chi connectivity index (χ3v) is 5.15. The van der Waals surface area contributed by atoms with Crippen LogP contribution in [0.2, 0.25) is 0 Å². The van der Waals surface area contributed by atoms with E-state index in [1.807, 2.05) is 30.3 Å². The fourth-order valence-electron chi connectivity index (χ4n) is 3.62. The van der Waals surface area contributed by atoms with Gasteiger partial charge in [-0.2, -0.15) is 0 Å². The van der Waals surface area contributed by atoms with Crippen LogP contribution in [-0.2, 0) is 17.9 Å². The minimum atomic E-state index is -0.445. The van der Waals surface area contributed by atoms with Gasteiger partial charge < -0.3 is 10.6 Å². The summed E-state index contributed by atoms with van der Waals surface area (Å²) < 4.78 is 2.42. The molecule has 0 bridgehead atoms. The highest BCUT2D eigenvalue weighted by Crippen LogP contribution is 2.17. The monoisotopic (exact) mass is 393 g/mol. The molecule has 1 saturated carbocycles. The lowest BCUT2D eigenvalue weighted by Gasteiger charge is -2.10. The Balaban J connectivity index is 1.46. The van der Waals surface area contributed by atoms with E-state index in [9.17, 15) is 14.4 Å². The first kappa shape index (κ1) is 18.9. The normalized spacial score (nSPS) is 14.2. The molecule has 0 atom stereocenters. The second kappa shape index (κ2) is 8.30. The quantitative estimate of drug-likeness (QED) is 0.663. The molecular formula is C21H23N5O3. The highest BCUT2D eigenvalue weighted by Gasteiger charge is 2.19. The van der Waals surface area contributed by atoms with E-state index >= 15 is 0 Å². The minimum absolute atomic E-state index is 0.132. The van der Waals surface area contributed by atoms with Gasteiger partial charge in [0.2, 0.25) is 5.91 Å². The Kier molecular flexibility index (Phi) is 5.41. The second-order valence-corrected chi connectivity index (χ2v) is 7.30. The zero-order chi connectivity index (χ0) is 20.2. The first-order valence-electron chi connectivity index (χ1n) is 9.81. The molecular weight excluding hydrogens is 370 g/mol. The topological polar surface area (TPSA) is 97.5 Å². The van der Waals surface area contributed by atoms with Gasteiger partial charge in [-0.3, -0.25) is 9.59 Å². The summed E-state index contributed by atoms with van der Waals surface area (Å²) in [4.78, 5) is 37.2. The molecule has 2 heterocycles. The highest BCUT2D eigenvalue weighted by molar-refractivity contribution is 5.94. The number of hydrogen-bond donors (Lipinski definition) is 2. The Hall–Kier alpha value is -3.42. The van der Waals surface area contributed by atoms with Crippen molar-refractivity contribution in [2.24, 2.45) is 0 Å². The molecule has 29 heavy (non-hydrogen) atoms. The lowest BCUT2D eigenvalue weighted by molar-refractivity contribution is -0.122. The van der Waals surface area contributed by atoms with Gasteiger partial charge >= 0.3 is 5.69 Å². The van der Waals surface area contributed by atoms with Gasteiger partial charge in [0.1, 0.15) is 6.54 Å². The molecule has 0 saturated heterocycles. The summed E-state index contributed by atoms with van der Waals surface area (Å²) in [6, 6.07) is 13.0. The third kappa shape index (κ3) is 4.37. The fraction of sp³-hybridized carbons (Fsp3) is 0.333. The van der Waals surface area contributed by atoms with Gasteiger partial charge in [-0.05, 0) is 30.5 Å². The van der Waals surface area contributed by atoms with Crippen LogP contribution in [-0.4, -0.2) is 32.0 Å². The number of carbonyl (C=O) groups excluding carboxylic acids is 2. The molecule has 1 aliphatic carbocycles. The van der Waals surface area contributed by atoms with E-state index in [0.29, 0.717) is 17.8 Å². The fourth-order valence-corrected chi connectivity index (χ4v) is 3.62. The van der Waals surface area contributed by atoms with Gasteiger partial charge in [0.05, 0.1) is 5.56 Å². The lowest BCUT2D eigenvalue weighted by atomic mass is 10.2. The molecule has 1 aliphatic rings. The van der Waals surface area contributed by atoms with Crippen molar-refractivity contribution in [3.63, 3.8) is 0 Å². The summed E-state index contributed by atoms with van der Waals surface area (Å²) in [6.07, 6.45) is 5.65. The van der Waals surface area contributed by atoms with Crippen molar-refractivity contribution < 1.29 is 9.59 Å². The van der Waals surface area contributed by atoms with Crippen molar-refractivity contribution in [1.29, 1.82) is 0 Å². The largest absolute Gasteiger partial charge is 0.352 e. The number of aromatic nitrogens is 3. The van der Waals surface area contributed by atoms with Gasteiger partial charge in [-0.15, -0.1) is 5.10 Å². The summed E-state index contributed by atoms with van der Waals surface area (Å²) in [5.74, 6) is -0.502. The van der Waals surface area contributed by atoms with Crippen molar-refractivity contribution in [1.82, 2.24) is 24.8 Å². The van der Waals surface area contributed by atoms with E-state index in [-0.39, 0.29) is 24.4 Å². The maximum atomic E-state index is 12.6. The van der Waals surface area contributed by atoms with Crippen molar-refractivity contribution in [3.8, 4) is 0 Å². The van der Waals surface area contributed by atoms with Crippen LogP contribution < -0.4 is 16.3 Å². The SMILES string of the molecule is O=C(Cn1nc2ccc(C(=O)NCc3ccccc3)cn2c1=O)NC1CCCC1. The number of carbonyl (C=O) groups is 2. The Morgan fingerprint density at radius 2 is 1.83 bits per heavy atom. The van der Waals surface area contributed by atoms with E-state index in [2.05, 4.69) is 15.7 Å². The Bertz CT molecular complexity index is 1080. The van der Waals surface area contributed by atoms with Crippen LogP contribution >= 0.6 is 0 Å². The maximum Gasteiger partial charge on any atom is 0.350 e. The number of rotatable bonds is 6. The van der Waals surface area contributed by atoms with Crippen molar-refractivity contribution in [2.45, 2.75) is 44.8 Å². The number of hydrogen-bond acceptors (Lipinski definition) is 4. The Morgan fingerprint density at radius 3 is 2.59 bits per heavy atom. The van der Waals surface area contributed by atoms with Gasteiger partial charge in [-0.25, -0.2) is 13.9 Å². The van der Waals surface area contributed by atoms with Gasteiger partial charge in [0, 0.05) is 18.8 Å². The zero-order valence-corrected chi connectivity index (χ0v) is 16.0. The zero-order valence-electron chi connectivity index (χ0n) is 16.0. The molecule has 2 N–H and O–H groups in total. The van der Waals surface area contributed by atoms with Crippen LogP contribution in [0.4, 0.5) is 0 Å². The van der Waals surface area contributed by atoms with Gasteiger partial charge in [-0.1, -0.05) is 43.2 Å². The van der Waals surface area contributed by atoms with Crippen LogP contribution in [0, 0.1) is 0 Å². The summed E-state index contributed by atoms with van der Waals surface area (Å²) in [7, 11) is 0. The highest BCUT2D eigenvalue weighted by atomic mass is 16.2. The van der Waals surface area contributed by atoms with E-state index in [0.717, 1.165) is 35.9 Å². The predicted molar refractivity (Wildman–Crippen MR) is 107 cm³/mol. The van der Waals surface area contributed by atoms with Gasteiger partial charge in [0.25, 0.3) is 5.91 Å². The summed E-state index contributed by atoms with van der Waals surface area (Å²) in [6.45, 7) is 0.264. The molecule has 3 aromatic rings. The number of amides is 2. The number of nitrogens with one attached hydrogen (secondary N) is 2. The molecule has 0 unspecified atom stereocenters. The predicted octanol–water partition coefficient (Wildman–Crippen LogP) is 1.48. The molecule has 4 rings (SSSR count). The standard InChI is InChI=1S/C21H23N5O3/c27-19(23-17-8-4-5-9-17)14-26-21(29)25-13-16(10-11-18(25)24-26)20(28)22-12-15-6-2-1-3-7-15/h1-3,6-7,10-11,13,17H,4-5,8-9,12,14H2,(H,22,28)(H,23,27). The van der Waals surface area contributed by atoms with E-state index < -0.39 is 5.69 Å². The maximum absolute atomic E-state index is 12.6. The molecule has 8 nitrogen and oxygen atoms in total. The van der Waals surface area contributed by atoms with E-state index in [1.54, 1.807) is 12.1 Å². The lowest BCUT2D eigenvalue weighted by Crippen LogP contribution is -2.37. The molecule has 1 aromatic carbocycles. The molecule has 2 aromatic heterocycles. The number of fused-ring (bicyclic) bond motifs is 1. The average molecular weight is 393 g/mol. The molecule has 0 radical (unpaired) electrons. The molecule has 8 heteroatoms.